The Kier molecular flexibility index (Phi) is 5.78. The number of halogens is 1. The summed E-state index contributed by atoms with van der Waals surface area (Å²) < 4.78 is 15.9. The average molecular weight is 440 g/mol. The Morgan fingerprint density at radius 2 is 1.52 bits per heavy atom. The van der Waals surface area contributed by atoms with Crippen molar-refractivity contribution < 1.29 is 9.18 Å². The summed E-state index contributed by atoms with van der Waals surface area (Å²) in [5.74, 6) is -0.476. The molecule has 0 aliphatic carbocycles. The number of rotatable bonds is 4. The molecular formula is C28H26FN3O. The number of carbonyl (C=O) groups excluding carboxylic acids is 1. The molecule has 0 N–H and O–H groups in total. The van der Waals surface area contributed by atoms with Crippen molar-refractivity contribution in [3.63, 3.8) is 0 Å². The lowest BCUT2D eigenvalue weighted by molar-refractivity contribution is 0.0689. The third kappa shape index (κ3) is 4.31. The van der Waals surface area contributed by atoms with Crippen LogP contribution in [0.2, 0.25) is 0 Å². The van der Waals surface area contributed by atoms with Gasteiger partial charge < -0.3 is 4.90 Å². The van der Waals surface area contributed by atoms with E-state index in [0.29, 0.717) is 18.7 Å². The molecule has 1 aliphatic rings. The van der Waals surface area contributed by atoms with Gasteiger partial charge in [0.2, 0.25) is 0 Å². The maximum atomic E-state index is 13.7. The molecule has 5 rings (SSSR count). The number of aryl methyl sites for hydroxylation is 1. The van der Waals surface area contributed by atoms with Gasteiger partial charge in [0.05, 0.1) is 17.4 Å². The molecule has 0 saturated carbocycles. The zero-order valence-electron chi connectivity index (χ0n) is 18.6. The molecule has 0 bridgehead atoms. The van der Waals surface area contributed by atoms with Crippen molar-refractivity contribution in [1.82, 2.24) is 14.7 Å². The third-order valence-electron chi connectivity index (χ3n) is 6.40. The molecular weight excluding hydrogens is 413 g/mol. The van der Waals surface area contributed by atoms with Crippen LogP contribution in [0, 0.1) is 12.7 Å². The van der Waals surface area contributed by atoms with Gasteiger partial charge in [0.25, 0.3) is 5.91 Å². The van der Waals surface area contributed by atoms with Crippen LogP contribution < -0.4 is 0 Å². The van der Waals surface area contributed by atoms with Gasteiger partial charge in [-0.2, -0.15) is 5.10 Å². The van der Waals surface area contributed by atoms with Gasteiger partial charge in [-0.05, 0) is 49.1 Å². The van der Waals surface area contributed by atoms with Crippen LogP contribution in [-0.4, -0.2) is 33.7 Å². The summed E-state index contributed by atoms with van der Waals surface area (Å²) in [6.45, 7) is 3.09. The highest BCUT2D eigenvalue weighted by Gasteiger charge is 2.28. The Balaban J connectivity index is 1.40. The topological polar surface area (TPSA) is 38.1 Å². The van der Waals surface area contributed by atoms with E-state index in [1.165, 1.54) is 12.1 Å². The minimum atomic E-state index is -0.378. The van der Waals surface area contributed by atoms with E-state index >= 15 is 0 Å². The Morgan fingerprint density at radius 1 is 0.879 bits per heavy atom. The lowest BCUT2D eigenvalue weighted by Crippen LogP contribution is -2.39. The van der Waals surface area contributed by atoms with Gasteiger partial charge in [-0.15, -0.1) is 0 Å². The number of hydrogen-bond donors (Lipinski definition) is 0. The van der Waals surface area contributed by atoms with Crippen LogP contribution in [0.25, 0.3) is 22.5 Å². The minimum absolute atomic E-state index is 0.0980. The number of nitrogens with zero attached hydrogens (tertiary/aromatic N) is 3. The summed E-state index contributed by atoms with van der Waals surface area (Å²) in [5, 5.41) is 5.00. The fourth-order valence-corrected chi connectivity index (χ4v) is 4.56. The monoisotopic (exact) mass is 439 g/mol. The molecule has 0 radical (unpaired) electrons. The first-order valence-electron chi connectivity index (χ1n) is 11.4. The second-order valence-electron chi connectivity index (χ2n) is 8.57. The molecule has 0 unspecified atom stereocenters. The second kappa shape index (κ2) is 9.02. The first kappa shape index (κ1) is 21.1. The van der Waals surface area contributed by atoms with E-state index in [4.69, 9.17) is 5.10 Å². The number of benzene rings is 3. The predicted octanol–water partition coefficient (Wildman–Crippen LogP) is 6.14. The molecule has 33 heavy (non-hydrogen) atoms. The van der Waals surface area contributed by atoms with E-state index in [1.54, 1.807) is 6.07 Å². The number of amides is 1. The van der Waals surface area contributed by atoms with Crippen LogP contribution >= 0.6 is 0 Å². The SMILES string of the molecule is Cc1ccc(F)cc1C(=O)N1CCC(n2nc(-c3ccccc3)cc2-c2ccccc2)CC1. The lowest BCUT2D eigenvalue weighted by Gasteiger charge is -2.33. The summed E-state index contributed by atoms with van der Waals surface area (Å²) in [7, 11) is 0. The average Bonchev–Trinajstić information content (AvgIpc) is 3.32. The fraction of sp³-hybridized carbons (Fsp3) is 0.214. The minimum Gasteiger partial charge on any atom is -0.338 e. The van der Waals surface area contributed by atoms with E-state index in [2.05, 4.69) is 35.0 Å². The molecule has 4 aromatic rings. The van der Waals surface area contributed by atoms with Gasteiger partial charge >= 0.3 is 0 Å². The fourth-order valence-electron chi connectivity index (χ4n) is 4.56. The largest absolute Gasteiger partial charge is 0.338 e. The lowest BCUT2D eigenvalue weighted by atomic mass is 10.0. The van der Waals surface area contributed by atoms with Gasteiger partial charge in [-0.25, -0.2) is 4.39 Å². The molecule has 1 aromatic heterocycles. The van der Waals surface area contributed by atoms with Gasteiger partial charge in [0.1, 0.15) is 5.82 Å². The first-order chi connectivity index (χ1) is 16.1. The van der Waals surface area contributed by atoms with Crippen LogP contribution in [0.1, 0.15) is 34.8 Å². The summed E-state index contributed by atoms with van der Waals surface area (Å²) in [6.07, 6.45) is 1.60. The summed E-state index contributed by atoms with van der Waals surface area (Å²) in [6, 6.07) is 27.2. The normalized spacial score (nSPS) is 14.4. The van der Waals surface area contributed by atoms with Crippen molar-refractivity contribution in [2.45, 2.75) is 25.8 Å². The zero-order valence-corrected chi connectivity index (χ0v) is 18.6. The van der Waals surface area contributed by atoms with Gasteiger partial charge in [0, 0.05) is 24.2 Å². The quantitative estimate of drug-likeness (QED) is 0.383. The number of piperidine rings is 1. The van der Waals surface area contributed by atoms with E-state index in [1.807, 2.05) is 48.2 Å². The van der Waals surface area contributed by atoms with Crippen LogP contribution in [0.15, 0.2) is 84.9 Å². The number of aromatic nitrogens is 2. The molecule has 3 aromatic carbocycles. The number of hydrogen-bond acceptors (Lipinski definition) is 2. The van der Waals surface area contributed by atoms with E-state index < -0.39 is 0 Å². The van der Waals surface area contributed by atoms with Crippen molar-refractivity contribution in [3.05, 3.63) is 102 Å². The highest BCUT2D eigenvalue weighted by molar-refractivity contribution is 5.95. The van der Waals surface area contributed by atoms with Crippen LogP contribution in [0.4, 0.5) is 4.39 Å². The molecule has 2 heterocycles. The van der Waals surface area contributed by atoms with Crippen molar-refractivity contribution in [1.29, 1.82) is 0 Å². The highest BCUT2D eigenvalue weighted by atomic mass is 19.1. The molecule has 1 saturated heterocycles. The molecule has 0 spiro atoms. The van der Waals surface area contributed by atoms with Crippen molar-refractivity contribution in [2.75, 3.05) is 13.1 Å². The molecule has 1 fully saturated rings. The molecule has 4 nitrogen and oxygen atoms in total. The van der Waals surface area contributed by atoms with Crippen molar-refractivity contribution in [2.24, 2.45) is 0 Å². The first-order valence-corrected chi connectivity index (χ1v) is 11.4. The standard InChI is InChI=1S/C28H26FN3O/c1-20-12-13-23(29)18-25(20)28(33)31-16-14-24(15-17-31)32-27(22-10-6-3-7-11-22)19-26(30-32)21-8-4-2-5-9-21/h2-13,18-19,24H,14-17H2,1H3. The predicted molar refractivity (Wildman–Crippen MR) is 128 cm³/mol. The maximum Gasteiger partial charge on any atom is 0.254 e. The maximum absolute atomic E-state index is 13.7. The molecule has 5 heteroatoms. The molecule has 1 aliphatic heterocycles. The molecule has 166 valence electrons. The van der Waals surface area contributed by atoms with Gasteiger partial charge in [0.15, 0.2) is 0 Å². The Morgan fingerprint density at radius 3 is 2.18 bits per heavy atom. The number of likely N-dealkylation sites (tertiary alicyclic amines) is 1. The Labute approximate surface area is 193 Å². The molecule has 1 amide bonds. The molecule has 0 atom stereocenters. The Hall–Kier alpha value is -3.73. The van der Waals surface area contributed by atoms with Crippen molar-refractivity contribution in [3.8, 4) is 22.5 Å². The smallest absolute Gasteiger partial charge is 0.254 e. The van der Waals surface area contributed by atoms with Crippen LogP contribution in [-0.2, 0) is 0 Å². The number of carbonyl (C=O) groups is 1. The highest BCUT2D eigenvalue weighted by Crippen LogP contribution is 2.33. The summed E-state index contributed by atoms with van der Waals surface area (Å²) in [5.41, 5.74) is 5.49. The van der Waals surface area contributed by atoms with Crippen LogP contribution in [0.3, 0.4) is 0 Å². The van der Waals surface area contributed by atoms with E-state index in [-0.39, 0.29) is 17.8 Å². The second-order valence-corrected chi connectivity index (χ2v) is 8.57. The van der Waals surface area contributed by atoms with Crippen molar-refractivity contribution >= 4 is 5.91 Å². The van der Waals surface area contributed by atoms with E-state index in [9.17, 15) is 9.18 Å². The van der Waals surface area contributed by atoms with Gasteiger partial charge in [-0.3, -0.25) is 9.48 Å². The van der Waals surface area contributed by atoms with E-state index in [0.717, 1.165) is 40.9 Å². The third-order valence-corrected chi connectivity index (χ3v) is 6.40. The van der Waals surface area contributed by atoms with Crippen LogP contribution in [0.5, 0.6) is 0 Å². The zero-order chi connectivity index (χ0) is 22.8. The summed E-state index contributed by atoms with van der Waals surface area (Å²) in [4.78, 5) is 14.9. The summed E-state index contributed by atoms with van der Waals surface area (Å²) >= 11 is 0. The van der Waals surface area contributed by atoms with Gasteiger partial charge in [-0.1, -0.05) is 66.7 Å². The Bertz CT molecular complexity index is 1260.